The van der Waals surface area contributed by atoms with Crippen molar-refractivity contribution in [3.05, 3.63) is 24.3 Å². The van der Waals surface area contributed by atoms with E-state index < -0.39 is 16.4 Å². The number of ether oxygens (including phenoxy) is 3. The first-order valence-electron chi connectivity index (χ1n) is 12.8. The van der Waals surface area contributed by atoms with Gasteiger partial charge < -0.3 is 24.0 Å². The molecule has 1 amide bonds. The molecule has 14 heteroatoms. The first-order chi connectivity index (χ1) is 15.9. The molecule has 186 valence electrons. The van der Waals surface area contributed by atoms with Crippen LogP contribution in [0.15, 0.2) is 24.3 Å². The zero-order valence-electron chi connectivity index (χ0n) is 24.0. The van der Waals surface area contributed by atoms with Crippen LogP contribution in [0.25, 0.3) is 0 Å². The number of piperazine rings is 1. The van der Waals surface area contributed by atoms with Gasteiger partial charge in [-0.15, -0.1) is 0 Å². The van der Waals surface area contributed by atoms with E-state index in [1.807, 2.05) is 32.9 Å². The molecule has 0 atom stereocenters. The highest BCUT2D eigenvalue weighted by molar-refractivity contribution is 6.59. The van der Waals surface area contributed by atoms with Crippen molar-refractivity contribution in [2.45, 2.75) is 42.5 Å². The van der Waals surface area contributed by atoms with Gasteiger partial charge in [-0.05, 0) is 50.3 Å². The van der Waals surface area contributed by atoms with Crippen molar-refractivity contribution in [2.75, 3.05) is 51.2 Å². The number of amides is 1. The molecule has 35 heavy (non-hydrogen) atoms. The van der Waals surface area contributed by atoms with Crippen LogP contribution >= 0.6 is 0 Å². The fraction of sp³-hybridized carbons (Fsp3) is 0.667. The molecule has 2 rings (SSSR count). The highest BCUT2D eigenvalue weighted by Gasteiger charge is 2.41. The van der Waals surface area contributed by atoms with Crippen molar-refractivity contribution >= 4 is 66.7 Å². The number of rotatable bonds is 9. The van der Waals surface area contributed by atoms with Gasteiger partial charge in [0, 0.05) is 57.4 Å². The van der Waals surface area contributed by atoms with Crippen molar-refractivity contribution < 1.29 is 19.0 Å². The second kappa shape index (κ2) is 11.2. The molecule has 1 aromatic rings. The molecule has 0 N–H and O–H groups in total. The van der Waals surface area contributed by atoms with Crippen LogP contribution in [0, 0.1) is 0 Å². The number of nitrogens with zero attached hydrogens (tertiary/aromatic N) is 3. The van der Waals surface area contributed by atoms with Gasteiger partial charge in [-0.3, -0.25) is 4.90 Å². The molecule has 1 saturated heterocycles. The van der Waals surface area contributed by atoms with Crippen LogP contribution in [0.3, 0.4) is 0 Å². The van der Waals surface area contributed by atoms with Crippen molar-refractivity contribution in [2.24, 2.45) is 0 Å². The Morgan fingerprint density at radius 2 is 1.46 bits per heavy atom. The van der Waals surface area contributed by atoms with E-state index in [-0.39, 0.29) is 11.4 Å². The van der Waals surface area contributed by atoms with E-state index in [9.17, 15) is 4.79 Å². The smallest absolute Gasteiger partial charge is 0.410 e. The van der Waals surface area contributed by atoms with E-state index in [0.717, 1.165) is 38.5 Å². The van der Waals surface area contributed by atoms with Crippen LogP contribution in [0.5, 0.6) is 5.75 Å². The van der Waals surface area contributed by atoms with Crippen LogP contribution < -0.4 is 9.64 Å². The Morgan fingerprint density at radius 3 is 1.94 bits per heavy atom. The van der Waals surface area contributed by atoms with E-state index >= 15 is 0 Å². The molecular formula is C21H42B7N3O4. The lowest BCUT2D eigenvalue weighted by molar-refractivity contribution is 0.00241. The highest BCUT2D eigenvalue weighted by Crippen LogP contribution is 2.27. The fourth-order valence-electron chi connectivity index (χ4n) is 3.98. The molecule has 0 saturated carbocycles. The number of hydrogen-bond donors (Lipinski definition) is 0. The number of likely N-dealkylation sites (N-methyl/N-ethyl adjacent to an activating group) is 1. The topological polar surface area (TPSA) is 54.5 Å². The molecule has 1 aliphatic rings. The molecule has 7 nitrogen and oxygen atoms in total. The lowest BCUT2D eigenvalue weighted by Crippen LogP contribution is -2.65. The Labute approximate surface area is 219 Å². The van der Waals surface area contributed by atoms with Crippen molar-refractivity contribution in [3.8, 4) is 5.75 Å². The van der Waals surface area contributed by atoms with Crippen LogP contribution in [-0.2, 0) is 9.47 Å². The largest absolute Gasteiger partial charge is 0.504 e. The number of carbonyl (C=O) groups is 1. The fourth-order valence-corrected chi connectivity index (χ4v) is 3.98. The quantitative estimate of drug-likeness (QED) is 0.335. The van der Waals surface area contributed by atoms with Gasteiger partial charge in [0.1, 0.15) is 66.3 Å². The summed E-state index contributed by atoms with van der Waals surface area (Å²) in [4.78, 5) is 18.6. The third-order valence-electron chi connectivity index (χ3n) is 6.42. The summed E-state index contributed by atoms with van der Waals surface area (Å²) < 4.78 is 18.1. The average Bonchev–Trinajstić information content (AvgIpc) is 2.69. The summed E-state index contributed by atoms with van der Waals surface area (Å²) in [6, 6.07) is 8.36. The molecule has 1 aliphatic heterocycles. The van der Waals surface area contributed by atoms with Crippen LogP contribution in [0.2, 0.25) is 0 Å². The Kier molecular flexibility index (Phi) is 9.54. The maximum atomic E-state index is 12.2. The van der Waals surface area contributed by atoms with Crippen molar-refractivity contribution in [1.82, 2.24) is 9.80 Å². The molecule has 0 aromatic heterocycles. The molecule has 1 fully saturated rings. The summed E-state index contributed by atoms with van der Waals surface area (Å²) in [5, 5.41) is -1.21. The standard InChI is InChI=1S/C21H42B7N3O4/c1-18(2,3)34-17(32)29(4)9-10-30-11-13-31(14-12-30)15-5-7-16(8-6-15)33-19(22,23)20(24,25)35-21(26,27)28/h5-8H,9-14,22-28H2,1-4H3. The minimum Gasteiger partial charge on any atom is -0.504 e. The predicted octanol–water partition coefficient (Wildman–Crippen LogP) is -4.58. The van der Waals surface area contributed by atoms with Crippen LogP contribution in [0.1, 0.15) is 20.8 Å². The Hall–Kier alpha value is -1.54. The zero-order valence-corrected chi connectivity index (χ0v) is 24.0. The molecule has 0 aliphatic carbocycles. The van der Waals surface area contributed by atoms with Gasteiger partial charge in [-0.25, -0.2) is 4.79 Å². The van der Waals surface area contributed by atoms with Gasteiger partial charge in [-0.2, -0.15) is 0 Å². The van der Waals surface area contributed by atoms with Gasteiger partial charge >= 0.3 is 6.09 Å². The Balaban J connectivity index is 1.85. The normalized spacial score (nSPS) is 16.1. The first-order valence-corrected chi connectivity index (χ1v) is 12.8. The molecule has 0 radical (unpaired) electrons. The van der Waals surface area contributed by atoms with Gasteiger partial charge in [0.2, 0.25) is 0 Å². The number of hydrogen-bond acceptors (Lipinski definition) is 6. The van der Waals surface area contributed by atoms with Crippen LogP contribution in [-0.4, -0.2) is 139 Å². The average molecular weight is 476 g/mol. The van der Waals surface area contributed by atoms with E-state index in [2.05, 4.69) is 76.9 Å². The number of carbonyl (C=O) groups excluding carboxylic acids is 1. The summed E-state index contributed by atoms with van der Waals surface area (Å²) in [7, 11) is 16.3. The number of benzene rings is 1. The molecule has 1 heterocycles. The van der Waals surface area contributed by atoms with E-state index in [0.29, 0.717) is 6.54 Å². The van der Waals surface area contributed by atoms with Crippen molar-refractivity contribution in [3.63, 3.8) is 0 Å². The van der Waals surface area contributed by atoms with E-state index in [4.69, 9.17) is 14.2 Å². The Morgan fingerprint density at radius 1 is 0.914 bits per heavy atom. The third-order valence-corrected chi connectivity index (χ3v) is 6.42. The predicted molar refractivity (Wildman–Crippen MR) is 164 cm³/mol. The molecule has 0 spiro atoms. The first kappa shape index (κ1) is 29.7. The van der Waals surface area contributed by atoms with E-state index in [1.165, 1.54) is 5.69 Å². The maximum absolute atomic E-state index is 12.2. The summed E-state index contributed by atoms with van der Waals surface area (Å²) in [5.74, 6) is 0.841. The number of anilines is 1. The summed E-state index contributed by atoms with van der Waals surface area (Å²) in [5.41, 5.74) is 0.731. The van der Waals surface area contributed by atoms with Crippen molar-refractivity contribution in [1.29, 1.82) is 0 Å². The minimum absolute atomic E-state index is 0.249. The van der Waals surface area contributed by atoms with Gasteiger partial charge in [-0.1, -0.05) is 0 Å². The van der Waals surface area contributed by atoms with Crippen LogP contribution in [0.4, 0.5) is 10.5 Å². The van der Waals surface area contributed by atoms with E-state index in [1.54, 1.807) is 11.9 Å². The van der Waals surface area contributed by atoms with Gasteiger partial charge in [0.05, 0.1) is 5.40 Å². The monoisotopic (exact) mass is 477 g/mol. The minimum atomic E-state index is -0.500. The SMILES string of the molecule is BC(B)(B)OC(B)(B)C(B)(B)Oc1ccc(N2CCN(CCN(C)C(=O)OC(C)(C)C)CC2)cc1. The lowest BCUT2D eigenvalue weighted by Gasteiger charge is -2.47. The summed E-state index contributed by atoms with van der Waals surface area (Å²) in [6.45, 7) is 11.0. The molecular weight excluding hydrogens is 434 g/mol. The zero-order chi connectivity index (χ0) is 26.7. The molecule has 0 unspecified atom stereocenters. The second-order valence-electron chi connectivity index (χ2n) is 12.6. The highest BCUT2D eigenvalue weighted by atomic mass is 16.6. The second-order valence-corrected chi connectivity index (χ2v) is 12.6. The van der Waals surface area contributed by atoms with Gasteiger partial charge in [0.15, 0.2) is 0 Å². The lowest BCUT2D eigenvalue weighted by atomic mass is 9.40. The third kappa shape index (κ3) is 9.45. The molecule has 0 bridgehead atoms. The maximum Gasteiger partial charge on any atom is 0.410 e. The van der Waals surface area contributed by atoms with Gasteiger partial charge in [0.25, 0.3) is 0 Å². The Bertz CT molecular complexity index is 837. The molecule has 1 aromatic carbocycles. The summed E-state index contributed by atoms with van der Waals surface area (Å²) in [6.07, 6.45) is -0.269. The summed E-state index contributed by atoms with van der Waals surface area (Å²) >= 11 is 0.